The topological polar surface area (TPSA) is 26.0 Å². The van der Waals surface area contributed by atoms with E-state index in [0.29, 0.717) is 6.54 Å². The van der Waals surface area contributed by atoms with Crippen LogP contribution in [-0.2, 0) is 6.54 Å². The van der Waals surface area contributed by atoms with Gasteiger partial charge in [-0.1, -0.05) is 11.6 Å². The van der Waals surface area contributed by atoms with Crippen LogP contribution in [0.4, 0.5) is 0 Å². The van der Waals surface area contributed by atoms with E-state index in [1.54, 1.807) is 11.3 Å². The zero-order chi connectivity index (χ0) is 7.72. The van der Waals surface area contributed by atoms with Crippen molar-refractivity contribution in [1.29, 1.82) is 0 Å². The van der Waals surface area contributed by atoms with Crippen molar-refractivity contribution in [2.24, 2.45) is 5.73 Å². The number of hydrogen-bond acceptors (Lipinski definition) is 2. The minimum Gasteiger partial charge on any atom is -0.326 e. The van der Waals surface area contributed by atoms with Crippen molar-refractivity contribution in [3.63, 3.8) is 0 Å². The van der Waals surface area contributed by atoms with E-state index in [1.165, 1.54) is 10.4 Å². The molecule has 0 radical (unpaired) electrons. The van der Waals surface area contributed by atoms with Gasteiger partial charge < -0.3 is 5.73 Å². The van der Waals surface area contributed by atoms with Gasteiger partial charge in [-0.25, -0.2) is 0 Å². The summed E-state index contributed by atoms with van der Waals surface area (Å²) in [6.45, 7) is 4.67. The Bertz CT molecular complexity index is 242. The number of thiophene rings is 1. The summed E-state index contributed by atoms with van der Waals surface area (Å²) in [6, 6.07) is 0. The van der Waals surface area contributed by atoms with Gasteiger partial charge in [0.05, 0.1) is 4.34 Å². The quantitative estimate of drug-likeness (QED) is 0.698. The summed E-state index contributed by atoms with van der Waals surface area (Å²) >= 11 is 7.49. The largest absolute Gasteiger partial charge is 0.326 e. The molecule has 0 amide bonds. The zero-order valence-corrected chi connectivity index (χ0v) is 7.64. The van der Waals surface area contributed by atoms with Crippen molar-refractivity contribution in [2.45, 2.75) is 20.4 Å². The van der Waals surface area contributed by atoms with E-state index < -0.39 is 0 Å². The van der Waals surface area contributed by atoms with E-state index in [4.69, 9.17) is 17.3 Å². The Morgan fingerprint density at radius 3 is 2.30 bits per heavy atom. The van der Waals surface area contributed by atoms with Crippen molar-refractivity contribution in [3.05, 3.63) is 20.3 Å². The standard InChI is InChI=1S/C7H10ClNS/c1-4-5(2)10-7(8)6(4)3-9/h3,9H2,1-2H3. The molecule has 0 spiro atoms. The molecule has 0 fully saturated rings. The van der Waals surface area contributed by atoms with Crippen molar-refractivity contribution < 1.29 is 0 Å². The summed E-state index contributed by atoms with van der Waals surface area (Å²) in [5, 5.41) is 0. The van der Waals surface area contributed by atoms with Crippen LogP contribution in [0.1, 0.15) is 16.0 Å². The molecule has 0 atom stereocenters. The second-order valence-corrected chi connectivity index (χ2v) is 4.07. The second-order valence-electron chi connectivity index (χ2n) is 2.24. The normalized spacial score (nSPS) is 10.4. The minimum atomic E-state index is 0.551. The van der Waals surface area contributed by atoms with Crippen molar-refractivity contribution >= 4 is 22.9 Å². The monoisotopic (exact) mass is 175 g/mol. The lowest BCUT2D eigenvalue weighted by Crippen LogP contribution is -1.96. The van der Waals surface area contributed by atoms with Crippen molar-refractivity contribution in [3.8, 4) is 0 Å². The number of rotatable bonds is 1. The molecule has 0 bridgehead atoms. The fraction of sp³-hybridized carbons (Fsp3) is 0.429. The predicted octanol–water partition coefficient (Wildman–Crippen LogP) is 2.48. The van der Waals surface area contributed by atoms with E-state index in [9.17, 15) is 0 Å². The Balaban J connectivity index is 3.20. The molecule has 0 aliphatic heterocycles. The van der Waals surface area contributed by atoms with Gasteiger partial charge in [-0.05, 0) is 25.0 Å². The lowest BCUT2D eigenvalue weighted by Gasteiger charge is -1.93. The molecule has 0 saturated heterocycles. The van der Waals surface area contributed by atoms with Crippen LogP contribution < -0.4 is 5.73 Å². The maximum atomic E-state index is 5.89. The van der Waals surface area contributed by atoms with Gasteiger partial charge in [-0.2, -0.15) is 0 Å². The second kappa shape index (κ2) is 2.91. The maximum Gasteiger partial charge on any atom is 0.0978 e. The molecule has 10 heavy (non-hydrogen) atoms. The fourth-order valence-electron chi connectivity index (χ4n) is 0.866. The first-order chi connectivity index (χ1) is 4.66. The van der Waals surface area contributed by atoms with Crippen LogP contribution in [0.15, 0.2) is 0 Å². The van der Waals surface area contributed by atoms with E-state index >= 15 is 0 Å². The van der Waals surface area contributed by atoms with Gasteiger partial charge in [0.15, 0.2) is 0 Å². The molecule has 1 rings (SSSR count). The SMILES string of the molecule is Cc1sc(Cl)c(CN)c1C. The lowest BCUT2D eigenvalue weighted by molar-refractivity contribution is 1.06. The molecule has 1 nitrogen and oxygen atoms in total. The average molecular weight is 176 g/mol. The summed E-state index contributed by atoms with van der Waals surface area (Å²) in [4.78, 5) is 1.27. The third kappa shape index (κ3) is 1.19. The number of aryl methyl sites for hydroxylation is 1. The third-order valence-corrected chi connectivity index (χ3v) is 3.16. The third-order valence-electron chi connectivity index (χ3n) is 1.66. The Morgan fingerprint density at radius 1 is 1.50 bits per heavy atom. The summed E-state index contributed by atoms with van der Waals surface area (Å²) in [5.41, 5.74) is 7.84. The van der Waals surface area contributed by atoms with Gasteiger partial charge in [0.25, 0.3) is 0 Å². The van der Waals surface area contributed by atoms with Crippen LogP contribution in [0.5, 0.6) is 0 Å². The molecule has 0 aliphatic rings. The number of nitrogens with two attached hydrogens (primary N) is 1. The predicted molar refractivity (Wildman–Crippen MR) is 46.7 cm³/mol. The minimum absolute atomic E-state index is 0.551. The van der Waals surface area contributed by atoms with Crippen LogP contribution in [0.2, 0.25) is 4.34 Å². The Hall–Kier alpha value is -0.0500. The van der Waals surface area contributed by atoms with E-state index in [2.05, 4.69) is 13.8 Å². The van der Waals surface area contributed by atoms with Crippen LogP contribution in [0, 0.1) is 13.8 Å². The molecule has 2 N–H and O–H groups in total. The van der Waals surface area contributed by atoms with Gasteiger partial charge in [-0.3, -0.25) is 0 Å². The summed E-state index contributed by atoms with van der Waals surface area (Å²) in [6.07, 6.45) is 0. The molecule has 0 unspecified atom stereocenters. The van der Waals surface area contributed by atoms with Crippen LogP contribution in [0.3, 0.4) is 0 Å². The van der Waals surface area contributed by atoms with Crippen LogP contribution in [0.25, 0.3) is 0 Å². The Labute approximate surface area is 69.8 Å². The smallest absolute Gasteiger partial charge is 0.0978 e. The van der Waals surface area contributed by atoms with Crippen molar-refractivity contribution in [2.75, 3.05) is 0 Å². The first kappa shape index (κ1) is 8.05. The van der Waals surface area contributed by atoms with Crippen LogP contribution in [-0.4, -0.2) is 0 Å². The van der Waals surface area contributed by atoms with E-state index in [-0.39, 0.29) is 0 Å². The molecule has 56 valence electrons. The van der Waals surface area contributed by atoms with Gasteiger partial charge in [0.1, 0.15) is 0 Å². The number of halogens is 1. The first-order valence-corrected chi connectivity index (χ1v) is 4.30. The molecule has 0 aromatic carbocycles. The zero-order valence-electron chi connectivity index (χ0n) is 6.07. The highest BCUT2D eigenvalue weighted by Crippen LogP contribution is 2.30. The van der Waals surface area contributed by atoms with E-state index in [1.807, 2.05) is 0 Å². The molecule has 0 saturated carbocycles. The highest BCUT2D eigenvalue weighted by molar-refractivity contribution is 7.16. The highest BCUT2D eigenvalue weighted by atomic mass is 35.5. The Kier molecular flexibility index (Phi) is 2.34. The first-order valence-electron chi connectivity index (χ1n) is 3.11. The fourth-order valence-corrected chi connectivity index (χ4v) is 2.34. The summed E-state index contributed by atoms with van der Waals surface area (Å²) in [5.74, 6) is 0. The Morgan fingerprint density at radius 2 is 2.10 bits per heavy atom. The maximum absolute atomic E-state index is 5.89. The van der Waals surface area contributed by atoms with Crippen molar-refractivity contribution in [1.82, 2.24) is 0 Å². The molecule has 1 aromatic rings. The average Bonchev–Trinajstić information content (AvgIpc) is 2.09. The number of hydrogen-bond donors (Lipinski definition) is 1. The lowest BCUT2D eigenvalue weighted by atomic mass is 10.2. The van der Waals surface area contributed by atoms with Gasteiger partial charge in [0.2, 0.25) is 0 Å². The molecule has 1 heterocycles. The van der Waals surface area contributed by atoms with Gasteiger partial charge in [-0.15, -0.1) is 11.3 Å². The summed E-state index contributed by atoms with van der Waals surface area (Å²) < 4.78 is 0.845. The summed E-state index contributed by atoms with van der Waals surface area (Å²) in [7, 11) is 0. The molecule has 0 aliphatic carbocycles. The van der Waals surface area contributed by atoms with E-state index in [0.717, 1.165) is 9.90 Å². The molecule has 3 heteroatoms. The van der Waals surface area contributed by atoms with Crippen LogP contribution >= 0.6 is 22.9 Å². The molecular formula is C7H10ClNS. The highest BCUT2D eigenvalue weighted by Gasteiger charge is 2.07. The van der Waals surface area contributed by atoms with Gasteiger partial charge in [0, 0.05) is 11.4 Å². The molecular weight excluding hydrogens is 166 g/mol. The molecule has 1 aromatic heterocycles. The van der Waals surface area contributed by atoms with Gasteiger partial charge >= 0.3 is 0 Å².